The van der Waals surface area contributed by atoms with E-state index in [4.69, 9.17) is 10.5 Å². The minimum absolute atomic E-state index is 0.0820. The minimum Gasteiger partial charge on any atom is -0.496 e. The standard InChI is InChI=1S/C17H26N2O2/c1-12-6-7-15(21-3)14(10-12)13(2)19-16(20)17(11-18)8-4-5-9-17/h6-7,10,13H,4-5,8-9,11,18H2,1-3H3,(H,19,20). The molecule has 0 bridgehead atoms. The Morgan fingerprint density at radius 1 is 1.43 bits per heavy atom. The topological polar surface area (TPSA) is 64.3 Å². The Balaban J connectivity index is 2.16. The van der Waals surface area contributed by atoms with Crippen molar-refractivity contribution in [2.45, 2.75) is 45.6 Å². The maximum absolute atomic E-state index is 12.6. The summed E-state index contributed by atoms with van der Waals surface area (Å²) in [5, 5.41) is 3.13. The smallest absolute Gasteiger partial charge is 0.227 e. The van der Waals surface area contributed by atoms with Crippen LogP contribution in [0.3, 0.4) is 0 Å². The molecule has 4 nitrogen and oxygen atoms in total. The number of amides is 1. The van der Waals surface area contributed by atoms with Gasteiger partial charge >= 0.3 is 0 Å². The van der Waals surface area contributed by atoms with E-state index in [-0.39, 0.29) is 17.4 Å². The van der Waals surface area contributed by atoms with Gasteiger partial charge in [0.05, 0.1) is 18.6 Å². The summed E-state index contributed by atoms with van der Waals surface area (Å²) in [7, 11) is 1.65. The van der Waals surface area contributed by atoms with Crippen molar-refractivity contribution >= 4 is 5.91 Å². The van der Waals surface area contributed by atoms with E-state index in [2.05, 4.69) is 11.4 Å². The van der Waals surface area contributed by atoms with Crippen molar-refractivity contribution in [3.63, 3.8) is 0 Å². The van der Waals surface area contributed by atoms with Gasteiger partial charge in [0.25, 0.3) is 0 Å². The van der Waals surface area contributed by atoms with E-state index in [0.29, 0.717) is 6.54 Å². The lowest BCUT2D eigenvalue weighted by molar-refractivity contribution is -0.131. The molecule has 1 aromatic carbocycles. The van der Waals surface area contributed by atoms with Crippen LogP contribution in [0.1, 0.15) is 49.8 Å². The second-order valence-corrected chi connectivity index (χ2v) is 6.13. The zero-order valence-corrected chi connectivity index (χ0v) is 13.2. The summed E-state index contributed by atoms with van der Waals surface area (Å²) in [4.78, 5) is 12.6. The van der Waals surface area contributed by atoms with Crippen LogP contribution in [-0.4, -0.2) is 19.6 Å². The Hall–Kier alpha value is -1.55. The van der Waals surface area contributed by atoms with Crippen LogP contribution < -0.4 is 15.8 Å². The number of aryl methyl sites for hydroxylation is 1. The number of methoxy groups -OCH3 is 1. The Bertz CT molecular complexity index is 508. The van der Waals surface area contributed by atoms with Crippen molar-refractivity contribution in [2.75, 3.05) is 13.7 Å². The summed E-state index contributed by atoms with van der Waals surface area (Å²) in [6.45, 7) is 4.46. The van der Waals surface area contributed by atoms with Crippen LogP contribution >= 0.6 is 0 Å². The lowest BCUT2D eigenvalue weighted by Crippen LogP contribution is -2.45. The molecule has 0 aromatic heterocycles. The number of hydrogen-bond acceptors (Lipinski definition) is 3. The molecule has 0 radical (unpaired) electrons. The van der Waals surface area contributed by atoms with Gasteiger partial charge in [0.2, 0.25) is 5.91 Å². The molecule has 1 unspecified atom stereocenters. The molecule has 21 heavy (non-hydrogen) atoms. The highest BCUT2D eigenvalue weighted by Crippen LogP contribution is 2.38. The minimum atomic E-state index is -0.370. The summed E-state index contributed by atoms with van der Waals surface area (Å²) < 4.78 is 5.40. The molecule has 1 amide bonds. The molecule has 1 fully saturated rings. The van der Waals surface area contributed by atoms with Crippen molar-refractivity contribution in [1.82, 2.24) is 5.32 Å². The average molecular weight is 290 g/mol. The number of nitrogens with two attached hydrogens (primary N) is 1. The Kier molecular flexibility index (Phi) is 4.88. The van der Waals surface area contributed by atoms with Crippen LogP contribution in [0.5, 0.6) is 5.75 Å². The fourth-order valence-electron chi connectivity index (χ4n) is 3.20. The van der Waals surface area contributed by atoms with Gasteiger partial charge in [0, 0.05) is 12.1 Å². The molecule has 0 heterocycles. The van der Waals surface area contributed by atoms with Crippen LogP contribution in [0.15, 0.2) is 18.2 Å². The van der Waals surface area contributed by atoms with Gasteiger partial charge in [-0.25, -0.2) is 0 Å². The lowest BCUT2D eigenvalue weighted by atomic mass is 9.85. The first kappa shape index (κ1) is 15.8. The summed E-state index contributed by atoms with van der Waals surface area (Å²) in [5.74, 6) is 0.889. The van der Waals surface area contributed by atoms with E-state index in [1.54, 1.807) is 7.11 Å². The highest BCUT2D eigenvalue weighted by atomic mass is 16.5. The van der Waals surface area contributed by atoms with Crippen LogP contribution in [0, 0.1) is 12.3 Å². The molecule has 3 N–H and O–H groups in total. The van der Waals surface area contributed by atoms with Crippen LogP contribution in [-0.2, 0) is 4.79 Å². The summed E-state index contributed by atoms with van der Waals surface area (Å²) in [5.41, 5.74) is 7.67. The van der Waals surface area contributed by atoms with Gasteiger partial charge in [-0.1, -0.05) is 30.5 Å². The third-order valence-electron chi connectivity index (χ3n) is 4.63. The molecule has 2 rings (SSSR count). The van der Waals surface area contributed by atoms with E-state index in [9.17, 15) is 4.79 Å². The maximum Gasteiger partial charge on any atom is 0.227 e. The maximum atomic E-state index is 12.6. The second kappa shape index (κ2) is 6.48. The van der Waals surface area contributed by atoms with Gasteiger partial charge in [-0.2, -0.15) is 0 Å². The quantitative estimate of drug-likeness (QED) is 0.876. The predicted octanol–water partition coefficient (Wildman–Crippen LogP) is 2.70. The molecule has 1 aliphatic carbocycles. The molecular formula is C17H26N2O2. The first-order valence-electron chi connectivity index (χ1n) is 7.68. The van der Waals surface area contributed by atoms with E-state index >= 15 is 0 Å². The lowest BCUT2D eigenvalue weighted by Gasteiger charge is -2.28. The molecule has 0 aliphatic heterocycles. The number of rotatable bonds is 5. The van der Waals surface area contributed by atoms with Gasteiger partial charge in [-0.05, 0) is 32.8 Å². The van der Waals surface area contributed by atoms with E-state index in [1.807, 2.05) is 26.0 Å². The van der Waals surface area contributed by atoms with Gasteiger partial charge in [-0.3, -0.25) is 4.79 Å². The molecule has 1 atom stereocenters. The molecule has 0 saturated heterocycles. The van der Waals surface area contributed by atoms with Crippen molar-refractivity contribution in [2.24, 2.45) is 11.1 Å². The molecule has 1 aliphatic rings. The third kappa shape index (κ3) is 3.21. The first-order valence-corrected chi connectivity index (χ1v) is 7.68. The normalized spacial score (nSPS) is 18.3. The van der Waals surface area contributed by atoms with E-state index in [1.165, 1.54) is 0 Å². The average Bonchev–Trinajstić information content (AvgIpc) is 2.97. The molecule has 1 saturated carbocycles. The van der Waals surface area contributed by atoms with Crippen LogP contribution in [0.25, 0.3) is 0 Å². The number of benzene rings is 1. The highest BCUT2D eigenvalue weighted by Gasteiger charge is 2.40. The second-order valence-electron chi connectivity index (χ2n) is 6.13. The van der Waals surface area contributed by atoms with Crippen LogP contribution in [0.4, 0.5) is 0 Å². The number of carbonyl (C=O) groups is 1. The zero-order valence-electron chi connectivity index (χ0n) is 13.2. The van der Waals surface area contributed by atoms with Gasteiger partial charge in [-0.15, -0.1) is 0 Å². The first-order chi connectivity index (χ1) is 10.0. The molecule has 1 aromatic rings. The number of ether oxygens (including phenoxy) is 1. The summed E-state index contributed by atoms with van der Waals surface area (Å²) in [6.07, 6.45) is 3.97. The Labute approximate surface area is 127 Å². The third-order valence-corrected chi connectivity index (χ3v) is 4.63. The van der Waals surface area contributed by atoms with E-state index in [0.717, 1.165) is 42.6 Å². The number of carbonyl (C=O) groups excluding carboxylic acids is 1. The summed E-state index contributed by atoms with van der Waals surface area (Å²) >= 11 is 0. The van der Waals surface area contributed by atoms with Crippen molar-refractivity contribution in [1.29, 1.82) is 0 Å². The molecule has 4 heteroatoms. The molecule has 116 valence electrons. The van der Waals surface area contributed by atoms with Gasteiger partial charge < -0.3 is 15.8 Å². The van der Waals surface area contributed by atoms with Crippen molar-refractivity contribution in [3.05, 3.63) is 29.3 Å². The van der Waals surface area contributed by atoms with Crippen molar-refractivity contribution in [3.8, 4) is 5.75 Å². The zero-order chi connectivity index (χ0) is 15.5. The fourth-order valence-corrected chi connectivity index (χ4v) is 3.20. The van der Waals surface area contributed by atoms with Gasteiger partial charge in [0.15, 0.2) is 0 Å². The molecular weight excluding hydrogens is 264 g/mol. The predicted molar refractivity (Wildman–Crippen MR) is 84.2 cm³/mol. The monoisotopic (exact) mass is 290 g/mol. The van der Waals surface area contributed by atoms with Gasteiger partial charge in [0.1, 0.15) is 5.75 Å². The summed E-state index contributed by atoms with van der Waals surface area (Å²) in [6, 6.07) is 5.93. The van der Waals surface area contributed by atoms with Crippen molar-refractivity contribution < 1.29 is 9.53 Å². The Morgan fingerprint density at radius 2 is 2.10 bits per heavy atom. The Morgan fingerprint density at radius 3 is 2.67 bits per heavy atom. The molecule has 0 spiro atoms. The number of nitrogens with one attached hydrogen (secondary N) is 1. The SMILES string of the molecule is COc1ccc(C)cc1C(C)NC(=O)C1(CN)CCCC1. The van der Waals surface area contributed by atoms with Crippen LogP contribution in [0.2, 0.25) is 0 Å². The highest BCUT2D eigenvalue weighted by molar-refractivity contribution is 5.83. The van der Waals surface area contributed by atoms with E-state index < -0.39 is 0 Å². The fraction of sp³-hybridized carbons (Fsp3) is 0.588. The number of hydrogen-bond donors (Lipinski definition) is 2. The largest absolute Gasteiger partial charge is 0.496 e.